The van der Waals surface area contributed by atoms with Gasteiger partial charge in [-0.15, -0.1) is 10.2 Å². The van der Waals surface area contributed by atoms with E-state index >= 15 is 0 Å². The molecule has 0 spiro atoms. The monoisotopic (exact) mass is 482 g/mol. The van der Waals surface area contributed by atoms with Crippen molar-refractivity contribution >= 4 is 23.4 Å². The van der Waals surface area contributed by atoms with Gasteiger partial charge in [0.2, 0.25) is 17.5 Å². The highest BCUT2D eigenvalue weighted by Gasteiger charge is 2.21. The molecule has 0 unspecified atom stereocenters. The number of rotatable bonds is 11. The van der Waals surface area contributed by atoms with Crippen molar-refractivity contribution in [1.29, 1.82) is 5.26 Å². The number of carbonyl (C=O) groups excluding carboxylic acids is 1. The zero-order chi connectivity index (χ0) is 24.5. The van der Waals surface area contributed by atoms with Crippen LogP contribution in [0.15, 0.2) is 46.0 Å². The van der Waals surface area contributed by atoms with Crippen molar-refractivity contribution in [2.24, 2.45) is 0 Å². The first-order valence-corrected chi connectivity index (χ1v) is 11.7. The molecule has 0 saturated carbocycles. The Morgan fingerprint density at radius 3 is 2.38 bits per heavy atom. The van der Waals surface area contributed by atoms with Gasteiger partial charge in [-0.05, 0) is 58.0 Å². The number of benzene rings is 2. The van der Waals surface area contributed by atoms with E-state index < -0.39 is 5.25 Å². The zero-order valence-electron chi connectivity index (χ0n) is 19.5. The fourth-order valence-electron chi connectivity index (χ4n) is 3.00. The molecule has 1 atom stereocenters. The number of thioether (sulfide) groups is 1. The van der Waals surface area contributed by atoms with Crippen LogP contribution in [0.4, 0.5) is 5.69 Å². The molecule has 0 aliphatic carbocycles. The third-order valence-corrected chi connectivity index (χ3v) is 5.40. The summed E-state index contributed by atoms with van der Waals surface area (Å²) in [6.45, 7) is 8.74. The van der Waals surface area contributed by atoms with E-state index in [4.69, 9.17) is 23.9 Å². The van der Waals surface area contributed by atoms with Crippen molar-refractivity contribution < 1.29 is 23.4 Å². The summed E-state index contributed by atoms with van der Waals surface area (Å²) in [5, 5.41) is 19.7. The predicted octanol–water partition coefficient (Wildman–Crippen LogP) is 4.92. The number of nitriles is 1. The Bertz CT molecular complexity index is 1150. The van der Waals surface area contributed by atoms with Crippen LogP contribution in [0.5, 0.6) is 17.2 Å². The Hall–Kier alpha value is -3.71. The van der Waals surface area contributed by atoms with Crippen molar-refractivity contribution in [1.82, 2.24) is 10.2 Å². The second-order valence-electron chi connectivity index (χ2n) is 6.92. The lowest BCUT2D eigenvalue weighted by Gasteiger charge is -2.16. The minimum Gasteiger partial charge on any atom is -0.490 e. The van der Waals surface area contributed by atoms with E-state index in [2.05, 4.69) is 15.5 Å². The van der Waals surface area contributed by atoms with E-state index in [1.807, 2.05) is 26.8 Å². The smallest absolute Gasteiger partial charge is 0.277 e. The number of hydrogen-bond acceptors (Lipinski definition) is 9. The lowest BCUT2D eigenvalue weighted by molar-refractivity contribution is -0.115. The average Bonchev–Trinajstić information content (AvgIpc) is 3.29. The Labute approximate surface area is 202 Å². The normalized spacial score (nSPS) is 11.4. The minimum atomic E-state index is -0.516. The van der Waals surface area contributed by atoms with Gasteiger partial charge >= 0.3 is 0 Å². The third kappa shape index (κ3) is 6.20. The molecule has 0 aliphatic heterocycles. The van der Waals surface area contributed by atoms with Crippen molar-refractivity contribution in [3.63, 3.8) is 0 Å². The van der Waals surface area contributed by atoms with E-state index in [0.29, 0.717) is 53.9 Å². The molecule has 3 rings (SSSR count). The molecular formula is C24H26N4O5S. The van der Waals surface area contributed by atoms with E-state index in [0.717, 1.165) is 11.8 Å². The van der Waals surface area contributed by atoms with Crippen LogP contribution >= 0.6 is 11.8 Å². The van der Waals surface area contributed by atoms with Gasteiger partial charge in [-0.1, -0.05) is 17.8 Å². The summed E-state index contributed by atoms with van der Waals surface area (Å²) in [6.07, 6.45) is 0. The van der Waals surface area contributed by atoms with E-state index in [1.165, 1.54) is 0 Å². The van der Waals surface area contributed by atoms with Crippen LogP contribution in [-0.2, 0) is 4.79 Å². The van der Waals surface area contributed by atoms with Gasteiger partial charge < -0.3 is 23.9 Å². The Kier molecular flexibility index (Phi) is 8.76. The van der Waals surface area contributed by atoms with Gasteiger partial charge in [-0.3, -0.25) is 4.79 Å². The maximum Gasteiger partial charge on any atom is 0.277 e. The molecule has 1 aromatic heterocycles. The number of nitrogens with one attached hydrogen (secondary N) is 1. The molecule has 0 fully saturated rings. The molecule has 0 saturated heterocycles. The quantitative estimate of drug-likeness (QED) is 0.380. The standard InChI is InChI=1S/C24H26N4O5S/c1-5-30-19-12-17(13-20(31-6-2)21(19)32-7-3)23-27-28-24(33-23)34-15(4)22(29)26-18-10-8-9-16(11-18)14-25/h8-13,15H,5-7H2,1-4H3,(H,26,29)/t15-/m0/s1. The van der Waals surface area contributed by atoms with Gasteiger partial charge in [-0.25, -0.2) is 0 Å². The molecule has 1 amide bonds. The number of ether oxygens (including phenoxy) is 3. The molecule has 178 valence electrons. The zero-order valence-corrected chi connectivity index (χ0v) is 20.3. The molecule has 0 aliphatic rings. The Morgan fingerprint density at radius 2 is 1.76 bits per heavy atom. The molecule has 1 N–H and O–H groups in total. The fourth-order valence-corrected chi connectivity index (χ4v) is 3.68. The molecule has 10 heteroatoms. The van der Waals surface area contributed by atoms with Crippen molar-refractivity contribution in [3.05, 3.63) is 42.0 Å². The lowest BCUT2D eigenvalue weighted by atomic mass is 10.2. The summed E-state index contributed by atoms with van der Waals surface area (Å²) in [4.78, 5) is 12.6. The van der Waals surface area contributed by atoms with E-state index in [9.17, 15) is 4.79 Å². The topological polar surface area (TPSA) is 120 Å². The summed E-state index contributed by atoms with van der Waals surface area (Å²) >= 11 is 1.13. The summed E-state index contributed by atoms with van der Waals surface area (Å²) in [7, 11) is 0. The van der Waals surface area contributed by atoms with E-state index in [1.54, 1.807) is 43.3 Å². The first-order valence-electron chi connectivity index (χ1n) is 10.9. The van der Waals surface area contributed by atoms with Crippen molar-refractivity contribution in [2.75, 3.05) is 25.1 Å². The molecule has 0 radical (unpaired) electrons. The molecule has 34 heavy (non-hydrogen) atoms. The summed E-state index contributed by atoms with van der Waals surface area (Å²) in [6, 6.07) is 12.3. The Morgan fingerprint density at radius 1 is 1.09 bits per heavy atom. The third-order valence-electron chi connectivity index (χ3n) is 4.47. The number of anilines is 1. The van der Waals surface area contributed by atoms with Gasteiger partial charge in [0.25, 0.3) is 5.22 Å². The molecule has 2 aromatic carbocycles. The Balaban J connectivity index is 1.77. The van der Waals surface area contributed by atoms with Crippen LogP contribution < -0.4 is 19.5 Å². The SMILES string of the molecule is CCOc1cc(-c2nnc(S[C@@H](C)C(=O)Nc3cccc(C#N)c3)o2)cc(OCC)c1OCC. The number of amides is 1. The first-order chi connectivity index (χ1) is 16.5. The average molecular weight is 483 g/mol. The van der Waals surface area contributed by atoms with Gasteiger partial charge in [0, 0.05) is 11.3 Å². The molecule has 1 heterocycles. The number of hydrogen-bond donors (Lipinski definition) is 1. The lowest BCUT2D eigenvalue weighted by Crippen LogP contribution is -2.22. The van der Waals surface area contributed by atoms with Gasteiger partial charge in [-0.2, -0.15) is 5.26 Å². The first kappa shape index (κ1) is 24.9. The highest BCUT2D eigenvalue weighted by molar-refractivity contribution is 8.00. The molecule has 9 nitrogen and oxygen atoms in total. The van der Waals surface area contributed by atoms with Crippen LogP contribution in [0.2, 0.25) is 0 Å². The van der Waals surface area contributed by atoms with Crippen LogP contribution in [0.3, 0.4) is 0 Å². The second kappa shape index (κ2) is 12.0. The summed E-state index contributed by atoms with van der Waals surface area (Å²) < 4.78 is 23.0. The van der Waals surface area contributed by atoms with Crippen molar-refractivity contribution in [2.45, 2.75) is 38.2 Å². The van der Waals surface area contributed by atoms with Crippen molar-refractivity contribution in [3.8, 4) is 34.8 Å². The molecular weight excluding hydrogens is 456 g/mol. The summed E-state index contributed by atoms with van der Waals surface area (Å²) in [5.74, 6) is 1.57. The molecule has 0 bridgehead atoms. The minimum absolute atomic E-state index is 0.244. The highest BCUT2D eigenvalue weighted by atomic mass is 32.2. The second-order valence-corrected chi connectivity index (χ2v) is 8.21. The predicted molar refractivity (Wildman–Crippen MR) is 128 cm³/mol. The maximum atomic E-state index is 12.6. The highest BCUT2D eigenvalue weighted by Crippen LogP contribution is 2.42. The number of aromatic nitrogens is 2. The number of carbonyl (C=O) groups is 1. The summed E-state index contributed by atoms with van der Waals surface area (Å²) in [5.41, 5.74) is 1.62. The number of nitrogens with zero attached hydrogens (tertiary/aromatic N) is 3. The van der Waals surface area contributed by atoms with Crippen LogP contribution in [0.1, 0.15) is 33.3 Å². The van der Waals surface area contributed by atoms with Gasteiger partial charge in [0.05, 0.1) is 36.7 Å². The van der Waals surface area contributed by atoms with E-state index in [-0.39, 0.29) is 17.0 Å². The fraction of sp³-hybridized carbons (Fsp3) is 0.333. The van der Waals surface area contributed by atoms with Gasteiger partial charge in [0.15, 0.2) is 11.5 Å². The van der Waals surface area contributed by atoms with Crippen LogP contribution in [0.25, 0.3) is 11.5 Å². The maximum absolute atomic E-state index is 12.6. The molecule has 3 aromatic rings. The largest absolute Gasteiger partial charge is 0.490 e. The van der Waals surface area contributed by atoms with Crippen LogP contribution in [-0.4, -0.2) is 41.2 Å². The van der Waals surface area contributed by atoms with Crippen LogP contribution in [0, 0.1) is 11.3 Å². The van der Waals surface area contributed by atoms with Gasteiger partial charge in [0.1, 0.15) is 0 Å².